The molecule has 2 saturated heterocycles. The molecule has 4 unspecified atom stereocenters. The fraction of sp³-hybridized carbons (Fsp3) is 0.833. The first-order valence-electron chi connectivity index (χ1n) is 6.34. The molecule has 1 N–H and O–H groups in total. The van der Waals surface area contributed by atoms with Gasteiger partial charge in [0.15, 0.2) is 0 Å². The van der Waals surface area contributed by atoms with Crippen LogP contribution in [0.2, 0.25) is 0 Å². The van der Waals surface area contributed by atoms with Gasteiger partial charge in [-0.1, -0.05) is 6.92 Å². The highest BCUT2D eigenvalue weighted by atomic mass is 32.2. The van der Waals surface area contributed by atoms with Crippen molar-refractivity contribution in [3.8, 4) is 0 Å². The summed E-state index contributed by atoms with van der Waals surface area (Å²) in [4.78, 5) is 25.2. The van der Waals surface area contributed by atoms with Gasteiger partial charge in [0.05, 0.1) is 17.4 Å². The molecule has 0 aliphatic carbocycles. The van der Waals surface area contributed by atoms with Gasteiger partial charge in [0, 0.05) is 12.4 Å². The van der Waals surface area contributed by atoms with Gasteiger partial charge in [-0.25, -0.2) is 4.79 Å². The molecule has 0 spiro atoms. The predicted octanol–water partition coefficient (Wildman–Crippen LogP) is 1.18. The van der Waals surface area contributed by atoms with E-state index in [1.54, 1.807) is 0 Å². The van der Waals surface area contributed by atoms with Gasteiger partial charge in [-0.15, -0.1) is 11.8 Å². The van der Waals surface area contributed by atoms with Gasteiger partial charge in [-0.05, 0) is 19.8 Å². The van der Waals surface area contributed by atoms with Crippen molar-refractivity contribution in [3.63, 3.8) is 0 Å². The molecule has 2 fully saturated rings. The predicted molar refractivity (Wildman–Crippen MR) is 68.3 cm³/mol. The highest BCUT2D eigenvalue weighted by Crippen LogP contribution is 2.34. The summed E-state index contributed by atoms with van der Waals surface area (Å²) < 4.78 is 5.52. The van der Waals surface area contributed by atoms with Gasteiger partial charge >= 0.3 is 5.97 Å². The Balaban J connectivity index is 2.13. The Morgan fingerprint density at radius 2 is 2.22 bits per heavy atom. The van der Waals surface area contributed by atoms with Crippen molar-refractivity contribution in [1.29, 1.82) is 0 Å². The molecule has 102 valence electrons. The largest absolute Gasteiger partial charge is 0.480 e. The molecule has 18 heavy (non-hydrogen) atoms. The van der Waals surface area contributed by atoms with Crippen LogP contribution in [0.4, 0.5) is 0 Å². The van der Waals surface area contributed by atoms with Crippen LogP contribution >= 0.6 is 11.8 Å². The molecule has 0 saturated carbocycles. The standard InChI is InChI=1S/C12H19NO4S/c1-3-10-8(4-5-17-10)11(14)13-7(2)18-6-9(13)12(15)16/h7-10H,3-6H2,1-2H3,(H,15,16). The van der Waals surface area contributed by atoms with E-state index in [4.69, 9.17) is 4.74 Å². The van der Waals surface area contributed by atoms with E-state index >= 15 is 0 Å². The zero-order valence-electron chi connectivity index (χ0n) is 10.7. The maximum absolute atomic E-state index is 12.5. The Labute approximate surface area is 111 Å². The van der Waals surface area contributed by atoms with Crippen molar-refractivity contribution in [3.05, 3.63) is 0 Å². The molecular weight excluding hydrogens is 254 g/mol. The number of amides is 1. The summed E-state index contributed by atoms with van der Waals surface area (Å²) in [5.74, 6) is -0.651. The van der Waals surface area contributed by atoms with Crippen LogP contribution in [0.25, 0.3) is 0 Å². The summed E-state index contributed by atoms with van der Waals surface area (Å²) in [6.07, 6.45) is 1.45. The zero-order valence-corrected chi connectivity index (χ0v) is 11.5. The van der Waals surface area contributed by atoms with Crippen LogP contribution in [-0.2, 0) is 14.3 Å². The summed E-state index contributed by atoms with van der Waals surface area (Å²) in [7, 11) is 0. The minimum Gasteiger partial charge on any atom is -0.480 e. The number of carbonyl (C=O) groups excluding carboxylic acids is 1. The fourth-order valence-electron chi connectivity index (χ4n) is 2.69. The first kappa shape index (κ1) is 13.7. The number of hydrogen-bond donors (Lipinski definition) is 1. The maximum atomic E-state index is 12.5. The lowest BCUT2D eigenvalue weighted by atomic mass is 9.97. The van der Waals surface area contributed by atoms with Crippen LogP contribution in [0, 0.1) is 5.92 Å². The molecule has 0 bridgehead atoms. The van der Waals surface area contributed by atoms with Crippen molar-refractivity contribution in [1.82, 2.24) is 4.90 Å². The third-order valence-corrected chi connectivity index (χ3v) is 4.91. The first-order valence-corrected chi connectivity index (χ1v) is 7.39. The third kappa shape index (κ3) is 2.36. The monoisotopic (exact) mass is 273 g/mol. The number of carbonyl (C=O) groups is 2. The van der Waals surface area contributed by atoms with E-state index in [0.29, 0.717) is 18.8 Å². The normalized spacial score (nSPS) is 36.0. The van der Waals surface area contributed by atoms with Crippen molar-refractivity contribution in [2.75, 3.05) is 12.4 Å². The molecule has 1 amide bonds. The van der Waals surface area contributed by atoms with Gasteiger partial charge in [0.1, 0.15) is 6.04 Å². The fourth-order valence-corrected chi connectivity index (χ4v) is 3.87. The number of aliphatic carboxylic acids is 1. The van der Waals surface area contributed by atoms with Crippen molar-refractivity contribution >= 4 is 23.6 Å². The SMILES string of the molecule is CCC1OCCC1C(=O)N1C(C)SCC1C(=O)O. The van der Waals surface area contributed by atoms with Crippen LogP contribution in [-0.4, -0.2) is 51.8 Å². The van der Waals surface area contributed by atoms with Crippen molar-refractivity contribution < 1.29 is 19.4 Å². The lowest BCUT2D eigenvalue weighted by Gasteiger charge is -2.29. The molecular formula is C12H19NO4S. The molecule has 5 nitrogen and oxygen atoms in total. The topological polar surface area (TPSA) is 66.8 Å². The highest BCUT2D eigenvalue weighted by molar-refractivity contribution is 8.00. The number of rotatable bonds is 3. The number of hydrogen-bond acceptors (Lipinski definition) is 4. The molecule has 0 aromatic carbocycles. The summed E-state index contributed by atoms with van der Waals surface area (Å²) in [5, 5.41) is 9.12. The molecule has 2 aliphatic rings. The Morgan fingerprint density at radius 3 is 2.83 bits per heavy atom. The van der Waals surface area contributed by atoms with Gasteiger partial charge < -0.3 is 14.7 Å². The Morgan fingerprint density at radius 1 is 1.50 bits per heavy atom. The van der Waals surface area contributed by atoms with E-state index in [1.165, 1.54) is 16.7 Å². The Bertz CT molecular complexity index is 349. The van der Waals surface area contributed by atoms with Crippen molar-refractivity contribution in [2.24, 2.45) is 5.92 Å². The van der Waals surface area contributed by atoms with E-state index in [0.717, 1.165) is 6.42 Å². The van der Waals surface area contributed by atoms with Gasteiger partial charge in [-0.3, -0.25) is 4.79 Å². The second-order valence-corrected chi connectivity index (χ2v) is 6.09. The zero-order chi connectivity index (χ0) is 13.3. The maximum Gasteiger partial charge on any atom is 0.327 e. The van der Waals surface area contributed by atoms with E-state index in [1.807, 2.05) is 13.8 Å². The Hall–Kier alpha value is -0.750. The van der Waals surface area contributed by atoms with E-state index in [9.17, 15) is 14.7 Å². The lowest BCUT2D eigenvalue weighted by molar-refractivity contribution is -0.151. The van der Waals surface area contributed by atoms with Crippen LogP contribution in [0.3, 0.4) is 0 Å². The number of ether oxygens (including phenoxy) is 1. The molecule has 0 radical (unpaired) electrons. The molecule has 2 aliphatic heterocycles. The van der Waals surface area contributed by atoms with Gasteiger partial charge in [0.2, 0.25) is 5.91 Å². The molecule has 6 heteroatoms. The van der Waals surface area contributed by atoms with E-state index in [-0.39, 0.29) is 23.3 Å². The first-order chi connectivity index (χ1) is 8.56. The van der Waals surface area contributed by atoms with Crippen LogP contribution < -0.4 is 0 Å². The molecule has 0 aromatic rings. The average molecular weight is 273 g/mol. The Kier molecular flexibility index (Phi) is 4.17. The van der Waals surface area contributed by atoms with Gasteiger partial charge in [-0.2, -0.15) is 0 Å². The summed E-state index contributed by atoms with van der Waals surface area (Å²) in [5.41, 5.74) is 0. The summed E-state index contributed by atoms with van der Waals surface area (Å²) >= 11 is 1.52. The number of carboxylic acid groups (broad SMARTS) is 1. The second-order valence-electron chi connectivity index (χ2n) is 4.74. The molecule has 2 rings (SSSR count). The smallest absolute Gasteiger partial charge is 0.327 e. The summed E-state index contributed by atoms with van der Waals surface area (Å²) in [6, 6.07) is -0.685. The lowest BCUT2D eigenvalue weighted by Crippen LogP contribution is -2.48. The van der Waals surface area contributed by atoms with Crippen LogP contribution in [0.1, 0.15) is 26.7 Å². The minimum atomic E-state index is -0.910. The average Bonchev–Trinajstić information content (AvgIpc) is 2.93. The van der Waals surface area contributed by atoms with Crippen LogP contribution in [0.15, 0.2) is 0 Å². The second kappa shape index (κ2) is 5.48. The third-order valence-electron chi connectivity index (χ3n) is 3.69. The molecule has 0 aromatic heterocycles. The number of thioether (sulfide) groups is 1. The number of nitrogens with zero attached hydrogens (tertiary/aromatic N) is 1. The van der Waals surface area contributed by atoms with Crippen molar-refractivity contribution in [2.45, 2.75) is 44.2 Å². The van der Waals surface area contributed by atoms with Gasteiger partial charge in [0.25, 0.3) is 0 Å². The molecule has 4 atom stereocenters. The summed E-state index contributed by atoms with van der Waals surface area (Å²) in [6.45, 7) is 4.48. The van der Waals surface area contributed by atoms with E-state index in [2.05, 4.69) is 0 Å². The van der Waals surface area contributed by atoms with E-state index < -0.39 is 12.0 Å². The number of carboxylic acids is 1. The van der Waals surface area contributed by atoms with Crippen LogP contribution in [0.5, 0.6) is 0 Å². The quantitative estimate of drug-likeness (QED) is 0.836. The minimum absolute atomic E-state index is 0.0512. The molecule has 2 heterocycles. The highest BCUT2D eigenvalue weighted by Gasteiger charge is 2.44.